The Hall–Kier alpha value is -4.80. The Labute approximate surface area is 187 Å². The molecule has 11 heteroatoms. The van der Waals surface area contributed by atoms with Crippen molar-refractivity contribution in [1.29, 1.82) is 0 Å². The number of pyridine rings is 1. The fourth-order valence-electron chi connectivity index (χ4n) is 3.51. The molecule has 1 amide bonds. The maximum absolute atomic E-state index is 10.9. The van der Waals surface area contributed by atoms with E-state index in [1.54, 1.807) is 29.8 Å². The molecule has 0 spiro atoms. The summed E-state index contributed by atoms with van der Waals surface area (Å²) in [7, 11) is 1.73. The Kier molecular flexibility index (Phi) is 5.11. The highest BCUT2D eigenvalue weighted by molar-refractivity contribution is 5.93. The summed E-state index contributed by atoms with van der Waals surface area (Å²) in [5.41, 5.74) is 4.00. The van der Waals surface area contributed by atoms with Gasteiger partial charge < -0.3 is 9.84 Å². The number of hydrogen-bond acceptors (Lipinski definition) is 7. The minimum absolute atomic E-state index is 0.0599. The average Bonchev–Trinajstić information content (AvgIpc) is 3.40. The van der Waals surface area contributed by atoms with Gasteiger partial charge in [0.15, 0.2) is 0 Å². The molecule has 0 bridgehead atoms. The van der Waals surface area contributed by atoms with E-state index < -0.39 is 6.09 Å². The van der Waals surface area contributed by atoms with Crippen LogP contribution in [0, 0.1) is 0 Å². The van der Waals surface area contributed by atoms with E-state index in [4.69, 9.17) is 14.8 Å². The van der Waals surface area contributed by atoms with E-state index >= 15 is 0 Å². The molecule has 2 aromatic carbocycles. The Morgan fingerprint density at radius 1 is 1.03 bits per heavy atom. The lowest BCUT2D eigenvalue weighted by atomic mass is 10.0. The molecule has 0 fully saturated rings. The number of aryl methyl sites for hydroxylation is 1. The van der Waals surface area contributed by atoms with Crippen molar-refractivity contribution in [2.24, 2.45) is 7.05 Å². The minimum atomic E-state index is -1.19. The summed E-state index contributed by atoms with van der Waals surface area (Å²) >= 11 is 0. The number of tetrazole rings is 1. The minimum Gasteiger partial charge on any atom is -0.465 e. The first kappa shape index (κ1) is 20.1. The highest BCUT2D eigenvalue weighted by Gasteiger charge is 2.20. The number of amides is 1. The van der Waals surface area contributed by atoms with Crippen LogP contribution in [0.15, 0.2) is 66.7 Å². The van der Waals surface area contributed by atoms with E-state index in [1.807, 2.05) is 48.5 Å². The van der Waals surface area contributed by atoms with E-state index in [9.17, 15) is 4.79 Å². The van der Waals surface area contributed by atoms with Crippen molar-refractivity contribution in [3.8, 4) is 23.1 Å². The number of rotatable bonds is 6. The monoisotopic (exact) mass is 442 g/mol. The van der Waals surface area contributed by atoms with Gasteiger partial charge in [-0.05, 0) is 34.2 Å². The number of imidazole rings is 1. The first-order chi connectivity index (χ1) is 16.1. The zero-order chi connectivity index (χ0) is 22.8. The normalized spacial score (nSPS) is 10.9. The molecule has 2 N–H and O–H groups in total. The number of aromatic nitrogens is 7. The molecule has 0 radical (unpaired) electrons. The molecule has 5 rings (SSSR count). The summed E-state index contributed by atoms with van der Waals surface area (Å²) in [4.78, 5) is 19.9. The Morgan fingerprint density at radius 2 is 1.85 bits per heavy atom. The molecule has 5 aromatic rings. The van der Waals surface area contributed by atoms with E-state index in [-0.39, 0.29) is 18.4 Å². The number of fused-ring (bicyclic) bond motifs is 1. The predicted molar refractivity (Wildman–Crippen MR) is 119 cm³/mol. The van der Waals surface area contributed by atoms with Crippen LogP contribution in [0.1, 0.15) is 5.69 Å². The van der Waals surface area contributed by atoms with Crippen LogP contribution in [0.2, 0.25) is 0 Å². The molecule has 164 valence electrons. The summed E-state index contributed by atoms with van der Waals surface area (Å²) < 4.78 is 9.31. The molecular formula is C22H18N8O3. The summed E-state index contributed by atoms with van der Waals surface area (Å²) in [5, 5.41) is 23.0. The van der Waals surface area contributed by atoms with Gasteiger partial charge in [0.2, 0.25) is 0 Å². The Bertz CT molecular complexity index is 1440. The lowest BCUT2D eigenvalue weighted by molar-refractivity contribution is 0.209. The number of nitrogens with one attached hydrogen (secondary N) is 1. The fourth-order valence-corrected chi connectivity index (χ4v) is 3.51. The molecule has 3 heterocycles. The molecule has 0 saturated carbocycles. The van der Waals surface area contributed by atoms with Gasteiger partial charge in [-0.3, -0.25) is 5.32 Å². The number of benzene rings is 2. The number of para-hydroxylation sites is 1. The molecule has 0 saturated heterocycles. The number of ether oxygens (including phenoxy) is 1. The van der Waals surface area contributed by atoms with Crippen LogP contribution in [0.5, 0.6) is 6.01 Å². The van der Waals surface area contributed by atoms with Crippen molar-refractivity contribution >= 4 is 22.9 Å². The van der Waals surface area contributed by atoms with Gasteiger partial charge in [0, 0.05) is 12.6 Å². The molecule has 3 aromatic heterocycles. The highest BCUT2D eigenvalue weighted by Crippen LogP contribution is 2.32. The van der Waals surface area contributed by atoms with Crippen molar-refractivity contribution in [1.82, 2.24) is 34.7 Å². The quantitative estimate of drug-likeness (QED) is 0.409. The van der Waals surface area contributed by atoms with Crippen LogP contribution in [-0.4, -0.2) is 45.9 Å². The summed E-state index contributed by atoms with van der Waals surface area (Å²) in [6, 6.07) is 21.1. The van der Waals surface area contributed by atoms with Crippen LogP contribution < -0.4 is 10.1 Å². The third-order valence-corrected chi connectivity index (χ3v) is 4.93. The second-order valence-corrected chi connectivity index (χ2v) is 7.10. The summed E-state index contributed by atoms with van der Waals surface area (Å²) in [6.07, 6.45) is -1.19. The van der Waals surface area contributed by atoms with Crippen LogP contribution in [0.4, 0.5) is 10.6 Å². The van der Waals surface area contributed by atoms with Gasteiger partial charge in [-0.25, -0.2) is 19.0 Å². The van der Waals surface area contributed by atoms with Gasteiger partial charge in [-0.15, -0.1) is 0 Å². The van der Waals surface area contributed by atoms with Crippen molar-refractivity contribution in [2.75, 3.05) is 5.32 Å². The van der Waals surface area contributed by atoms with Gasteiger partial charge in [0.25, 0.3) is 5.95 Å². The third-order valence-electron chi connectivity index (χ3n) is 4.93. The predicted octanol–water partition coefficient (Wildman–Crippen LogP) is 3.28. The van der Waals surface area contributed by atoms with Crippen molar-refractivity contribution in [3.63, 3.8) is 0 Å². The van der Waals surface area contributed by atoms with Crippen LogP contribution in [0.25, 0.3) is 28.1 Å². The standard InChI is InChI=1S/C22H18N8O3/c1-29-20(26-27-28-29)30-17-11-6-10-16(14-7-3-2-4-8-14)19(17)25-21(30)33-13-15-9-5-12-18(23-15)24-22(31)32/h2-12H,13H2,1H3,(H,23,24)(H,31,32). The molecule has 0 unspecified atom stereocenters. The van der Waals surface area contributed by atoms with E-state index in [0.29, 0.717) is 11.6 Å². The van der Waals surface area contributed by atoms with Crippen molar-refractivity contribution in [3.05, 3.63) is 72.4 Å². The first-order valence-electron chi connectivity index (χ1n) is 9.98. The summed E-state index contributed by atoms with van der Waals surface area (Å²) in [5.74, 6) is 0.646. The second-order valence-electron chi connectivity index (χ2n) is 7.10. The molecule has 0 aliphatic carbocycles. The number of nitrogens with zero attached hydrogens (tertiary/aromatic N) is 7. The first-order valence-corrected chi connectivity index (χ1v) is 9.98. The number of carboxylic acid groups (broad SMARTS) is 1. The van der Waals surface area contributed by atoms with Crippen LogP contribution >= 0.6 is 0 Å². The zero-order valence-electron chi connectivity index (χ0n) is 17.5. The van der Waals surface area contributed by atoms with Crippen LogP contribution in [0.3, 0.4) is 0 Å². The van der Waals surface area contributed by atoms with E-state index in [2.05, 4.69) is 25.8 Å². The lowest BCUT2D eigenvalue weighted by Gasteiger charge is -2.09. The van der Waals surface area contributed by atoms with Gasteiger partial charge in [-0.2, -0.15) is 4.98 Å². The number of anilines is 1. The number of hydrogen-bond donors (Lipinski definition) is 2. The average molecular weight is 442 g/mol. The smallest absolute Gasteiger partial charge is 0.410 e. The molecule has 0 aliphatic heterocycles. The Morgan fingerprint density at radius 3 is 2.61 bits per heavy atom. The molecule has 11 nitrogen and oxygen atoms in total. The third kappa shape index (κ3) is 3.94. The van der Waals surface area contributed by atoms with E-state index in [0.717, 1.165) is 22.2 Å². The maximum Gasteiger partial charge on any atom is 0.410 e. The highest BCUT2D eigenvalue weighted by atomic mass is 16.5. The SMILES string of the molecule is Cn1nnnc1-n1c(OCc2cccc(NC(=O)O)n2)nc2c(-c3ccccc3)cccc21. The second kappa shape index (κ2) is 8.38. The number of carbonyl (C=O) groups is 1. The van der Waals surface area contributed by atoms with Gasteiger partial charge in [0.1, 0.15) is 17.9 Å². The lowest BCUT2D eigenvalue weighted by Crippen LogP contribution is -2.11. The molecule has 0 atom stereocenters. The van der Waals surface area contributed by atoms with E-state index in [1.165, 1.54) is 4.68 Å². The summed E-state index contributed by atoms with van der Waals surface area (Å²) in [6.45, 7) is 0.0599. The van der Waals surface area contributed by atoms with Crippen molar-refractivity contribution < 1.29 is 14.6 Å². The maximum atomic E-state index is 10.9. The topological polar surface area (TPSA) is 133 Å². The Balaban J connectivity index is 1.58. The molecule has 33 heavy (non-hydrogen) atoms. The van der Waals surface area contributed by atoms with Gasteiger partial charge >= 0.3 is 12.1 Å². The van der Waals surface area contributed by atoms with Gasteiger partial charge in [-0.1, -0.05) is 53.6 Å². The largest absolute Gasteiger partial charge is 0.465 e. The molecular weight excluding hydrogens is 424 g/mol. The van der Waals surface area contributed by atoms with Crippen molar-refractivity contribution in [2.45, 2.75) is 6.61 Å². The van der Waals surface area contributed by atoms with Gasteiger partial charge in [0.05, 0.1) is 11.2 Å². The molecule has 0 aliphatic rings. The van der Waals surface area contributed by atoms with Crippen LogP contribution in [-0.2, 0) is 13.7 Å². The fraction of sp³-hybridized carbons (Fsp3) is 0.0909. The zero-order valence-corrected chi connectivity index (χ0v) is 17.5.